The van der Waals surface area contributed by atoms with Crippen LogP contribution in [0, 0.1) is 0 Å². The van der Waals surface area contributed by atoms with Crippen LogP contribution in [0.25, 0.3) is 0 Å². The molecule has 0 aliphatic rings. The van der Waals surface area contributed by atoms with Crippen LogP contribution in [0.3, 0.4) is 0 Å². The van der Waals surface area contributed by atoms with Gasteiger partial charge in [-0.15, -0.1) is 0 Å². The molecule has 0 heterocycles. The first-order chi connectivity index (χ1) is 12.2. The summed E-state index contributed by atoms with van der Waals surface area (Å²) >= 11 is 0. The van der Waals surface area contributed by atoms with E-state index in [4.69, 9.17) is 14.2 Å². The summed E-state index contributed by atoms with van der Waals surface area (Å²) in [4.78, 5) is 26.5. The molecular weight excluding hydrogens is 330 g/mol. The highest BCUT2D eigenvalue weighted by atomic mass is 16.6. The fourth-order valence-corrected chi connectivity index (χ4v) is 1.55. The average molecular weight is 361 g/mol. The van der Waals surface area contributed by atoms with Gasteiger partial charge in [0.25, 0.3) is 5.91 Å². The number of carbonyl (C=O) groups is 2. The molecule has 1 amide bonds. The number of ether oxygens (including phenoxy) is 3. The molecule has 0 bridgehead atoms. The van der Waals surface area contributed by atoms with Crippen molar-refractivity contribution in [2.75, 3.05) is 66.4 Å². The van der Waals surface area contributed by atoms with E-state index in [-0.39, 0.29) is 18.3 Å². The minimum absolute atomic E-state index is 0.213. The molecule has 0 spiro atoms. The zero-order valence-electron chi connectivity index (χ0n) is 15.3. The van der Waals surface area contributed by atoms with Gasteiger partial charge in [-0.05, 0) is 26.4 Å². The van der Waals surface area contributed by atoms with Crippen LogP contribution in [0.1, 0.15) is 19.8 Å². The molecule has 0 aliphatic heterocycles. The molecule has 0 fully saturated rings. The topological polar surface area (TPSA) is 107 Å². The quantitative estimate of drug-likeness (QED) is 0.197. The number of nitrogens with zero attached hydrogens (tertiary/aromatic N) is 1. The maximum absolute atomic E-state index is 11.3. The van der Waals surface area contributed by atoms with Gasteiger partial charge < -0.3 is 29.7 Å². The SMILES string of the molecule is CNCCCOCCOCCOCCCNC(=O)CON=CC(C)=O. The summed E-state index contributed by atoms with van der Waals surface area (Å²) in [5.74, 6) is -0.530. The molecule has 0 saturated carbocycles. The van der Waals surface area contributed by atoms with Crippen LogP contribution in [0.4, 0.5) is 0 Å². The summed E-state index contributed by atoms with van der Waals surface area (Å²) in [5.41, 5.74) is 0. The van der Waals surface area contributed by atoms with E-state index in [0.29, 0.717) is 46.0 Å². The highest BCUT2D eigenvalue weighted by Gasteiger charge is 2.00. The molecule has 0 aromatic carbocycles. The minimum atomic E-state index is -0.293. The van der Waals surface area contributed by atoms with Gasteiger partial charge in [-0.1, -0.05) is 5.16 Å². The third kappa shape index (κ3) is 20.4. The monoisotopic (exact) mass is 361 g/mol. The summed E-state index contributed by atoms with van der Waals surface area (Å²) in [5, 5.41) is 9.05. The predicted octanol–water partition coefficient (Wildman–Crippen LogP) is -0.257. The van der Waals surface area contributed by atoms with Gasteiger partial charge in [0.05, 0.1) is 26.4 Å². The van der Waals surface area contributed by atoms with Gasteiger partial charge in [-0.25, -0.2) is 0 Å². The van der Waals surface area contributed by atoms with E-state index in [1.165, 1.54) is 6.92 Å². The largest absolute Gasteiger partial charge is 0.386 e. The molecule has 9 nitrogen and oxygen atoms in total. The van der Waals surface area contributed by atoms with Crippen LogP contribution >= 0.6 is 0 Å². The Morgan fingerprint density at radius 2 is 1.48 bits per heavy atom. The number of Topliss-reactive ketones (excluding diaryl/α,β-unsaturated/α-hetero) is 1. The van der Waals surface area contributed by atoms with Gasteiger partial charge in [-0.2, -0.15) is 0 Å². The average Bonchev–Trinajstić information content (AvgIpc) is 2.59. The summed E-state index contributed by atoms with van der Waals surface area (Å²) in [6.45, 7) is 6.03. The fraction of sp³-hybridized carbons (Fsp3) is 0.812. The van der Waals surface area contributed by atoms with Crippen molar-refractivity contribution < 1.29 is 28.6 Å². The number of ketones is 1. The second-order valence-corrected chi connectivity index (χ2v) is 5.12. The standard InChI is InChI=1S/C16H31N3O6/c1-15(20)13-19-25-14-16(21)18-6-4-8-23-10-12-24-11-9-22-7-3-5-17-2/h13,17H,3-12,14H2,1-2H3,(H,18,21). The van der Waals surface area contributed by atoms with E-state index in [1.54, 1.807) is 0 Å². The number of oxime groups is 1. The van der Waals surface area contributed by atoms with Gasteiger partial charge in [0.1, 0.15) is 6.21 Å². The fourth-order valence-electron chi connectivity index (χ4n) is 1.55. The molecule has 0 rings (SSSR count). The predicted molar refractivity (Wildman–Crippen MR) is 93.8 cm³/mol. The smallest absolute Gasteiger partial charge is 0.260 e. The van der Waals surface area contributed by atoms with Crippen LogP contribution in [0.5, 0.6) is 0 Å². The van der Waals surface area contributed by atoms with Crippen LogP contribution in [-0.2, 0) is 28.6 Å². The van der Waals surface area contributed by atoms with Crippen molar-refractivity contribution in [2.45, 2.75) is 19.8 Å². The van der Waals surface area contributed by atoms with Crippen molar-refractivity contribution in [3.8, 4) is 0 Å². The third-order valence-corrected chi connectivity index (χ3v) is 2.75. The van der Waals surface area contributed by atoms with Gasteiger partial charge in [0.2, 0.25) is 0 Å². The van der Waals surface area contributed by atoms with Crippen molar-refractivity contribution >= 4 is 17.9 Å². The van der Waals surface area contributed by atoms with E-state index in [9.17, 15) is 9.59 Å². The number of nitrogens with one attached hydrogen (secondary N) is 2. The maximum atomic E-state index is 11.3. The molecule has 0 aromatic rings. The Balaban J connectivity index is 3.18. The highest BCUT2D eigenvalue weighted by Crippen LogP contribution is 1.86. The Morgan fingerprint density at radius 1 is 0.920 bits per heavy atom. The molecule has 0 aliphatic carbocycles. The first kappa shape index (κ1) is 23.4. The normalized spacial score (nSPS) is 11.0. The summed E-state index contributed by atoms with van der Waals surface area (Å²) in [7, 11) is 1.92. The molecule has 0 saturated heterocycles. The van der Waals surface area contributed by atoms with Crippen molar-refractivity contribution in [1.29, 1.82) is 0 Å². The summed E-state index contributed by atoms with van der Waals surface area (Å²) < 4.78 is 16.1. The van der Waals surface area contributed by atoms with Crippen molar-refractivity contribution in [1.82, 2.24) is 10.6 Å². The van der Waals surface area contributed by atoms with Crippen LogP contribution < -0.4 is 10.6 Å². The Hall–Kier alpha value is -1.55. The maximum Gasteiger partial charge on any atom is 0.260 e. The number of amides is 1. The lowest BCUT2D eigenvalue weighted by Gasteiger charge is -2.07. The van der Waals surface area contributed by atoms with E-state index >= 15 is 0 Å². The van der Waals surface area contributed by atoms with E-state index in [2.05, 4.69) is 20.6 Å². The van der Waals surface area contributed by atoms with Crippen LogP contribution in [0.15, 0.2) is 5.16 Å². The molecule has 25 heavy (non-hydrogen) atoms. The number of hydrogen-bond donors (Lipinski definition) is 2. The van der Waals surface area contributed by atoms with E-state index in [1.807, 2.05) is 7.05 Å². The number of hydrogen-bond acceptors (Lipinski definition) is 8. The molecule has 0 radical (unpaired) electrons. The molecule has 0 atom stereocenters. The Kier molecular flexibility index (Phi) is 17.6. The summed E-state index contributed by atoms with van der Waals surface area (Å²) in [6, 6.07) is 0. The highest BCUT2D eigenvalue weighted by molar-refractivity contribution is 6.26. The first-order valence-electron chi connectivity index (χ1n) is 8.47. The zero-order chi connectivity index (χ0) is 18.6. The van der Waals surface area contributed by atoms with Gasteiger partial charge in [-0.3, -0.25) is 9.59 Å². The Bertz CT molecular complexity index is 366. The van der Waals surface area contributed by atoms with Crippen molar-refractivity contribution in [3.63, 3.8) is 0 Å². The Labute approximate surface area is 149 Å². The second kappa shape index (κ2) is 18.8. The van der Waals surface area contributed by atoms with Crippen LogP contribution in [0.2, 0.25) is 0 Å². The minimum Gasteiger partial charge on any atom is -0.386 e. The zero-order valence-corrected chi connectivity index (χ0v) is 15.3. The molecular formula is C16H31N3O6. The molecule has 0 aromatic heterocycles. The second-order valence-electron chi connectivity index (χ2n) is 5.12. The van der Waals surface area contributed by atoms with Crippen molar-refractivity contribution in [3.05, 3.63) is 0 Å². The molecule has 2 N–H and O–H groups in total. The van der Waals surface area contributed by atoms with E-state index < -0.39 is 0 Å². The number of carbonyl (C=O) groups excluding carboxylic acids is 2. The third-order valence-electron chi connectivity index (χ3n) is 2.75. The summed E-state index contributed by atoms with van der Waals surface area (Å²) in [6.07, 6.45) is 2.70. The lowest BCUT2D eigenvalue weighted by atomic mass is 10.4. The molecule has 146 valence electrons. The molecule has 0 unspecified atom stereocenters. The van der Waals surface area contributed by atoms with Crippen LogP contribution in [-0.4, -0.2) is 84.3 Å². The Morgan fingerprint density at radius 3 is 2.04 bits per heavy atom. The van der Waals surface area contributed by atoms with Gasteiger partial charge in [0, 0.05) is 26.7 Å². The van der Waals surface area contributed by atoms with Gasteiger partial charge in [0.15, 0.2) is 12.4 Å². The van der Waals surface area contributed by atoms with E-state index in [0.717, 1.165) is 25.8 Å². The molecule has 9 heteroatoms. The first-order valence-corrected chi connectivity index (χ1v) is 8.47. The van der Waals surface area contributed by atoms with Gasteiger partial charge >= 0.3 is 0 Å². The lowest BCUT2D eigenvalue weighted by Crippen LogP contribution is -2.28. The number of rotatable bonds is 18. The van der Waals surface area contributed by atoms with Crippen molar-refractivity contribution in [2.24, 2.45) is 5.16 Å². The lowest BCUT2D eigenvalue weighted by molar-refractivity contribution is -0.125.